The molecule has 0 spiro atoms. The monoisotopic (exact) mass is 365 g/mol. The lowest BCUT2D eigenvalue weighted by molar-refractivity contribution is 0.355. The lowest BCUT2D eigenvalue weighted by Crippen LogP contribution is -2.22. The molecule has 0 N–H and O–H groups in total. The third-order valence-corrected chi connectivity index (χ3v) is 4.61. The van der Waals surface area contributed by atoms with Gasteiger partial charge in [-0.05, 0) is 53.9 Å². The summed E-state index contributed by atoms with van der Waals surface area (Å²) >= 11 is 0. The van der Waals surface area contributed by atoms with Crippen molar-refractivity contribution >= 4 is 0 Å². The lowest BCUT2D eigenvalue weighted by atomic mass is 10.0. The number of nitrogens with zero attached hydrogens (tertiary/aromatic N) is 1. The van der Waals surface area contributed by atoms with Crippen molar-refractivity contribution in [3.05, 3.63) is 76.2 Å². The Balaban J connectivity index is 1.94. The fourth-order valence-electron chi connectivity index (χ4n) is 3.06. The van der Waals surface area contributed by atoms with E-state index in [2.05, 4.69) is 0 Å². The molecule has 0 radical (unpaired) electrons. The van der Waals surface area contributed by atoms with Crippen LogP contribution in [-0.2, 0) is 6.54 Å². The van der Waals surface area contributed by atoms with Crippen molar-refractivity contribution in [2.45, 2.75) is 13.5 Å². The zero-order chi connectivity index (χ0) is 19.4. The van der Waals surface area contributed by atoms with Crippen molar-refractivity contribution in [2.75, 3.05) is 21.3 Å². The minimum Gasteiger partial charge on any atom is -0.497 e. The van der Waals surface area contributed by atoms with Gasteiger partial charge in [0.1, 0.15) is 5.75 Å². The number of hydrogen-bond donors (Lipinski definition) is 0. The van der Waals surface area contributed by atoms with Crippen LogP contribution < -0.4 is 19.8 Å². The molecule has 0 atom stereocenters. The molecule has 0 saturated carbocycles. The van der Waals surface area contributed by atoms with Crippen LogP contribution in [0.4, 0.5) is 0 Å². The van der Waals surface area contributed by atoms with Crippen LogP contribution in [0.1, 0.15) is 11.1 Å². The van der Waals surface area contributed by atoms with Crippen molar-refractivity contribution in [1.29, 1.82) is 0 Å². The van der Waals surface area contributed by atoms with Crippen molar-refractivity contribution < 1.29 is 14.2 Å². The van der Waals surface area contributed by atoms with E-state index in [0.29, 0.717) is 23.6 Å². The molecule has 5 nitrogen and oxygen atoms in total. The second-order valence-electron chi connectivity index (χ2n) is 6.21. The highest BCUT2D eigenvalue weighted by Crippen LogP contribution is 2.32. The smallest absolute Gasteiger partial charge is 0.254 e. The molecular formula is C22H23NO4. The Morgan fingerprint density at radius 2 is 1.56 bits per heavy atom. The minimum absolute atomic E-state index is 0.0156. The molecule has 0 fully saturated rings. The van der Waals surface area contributed by atoms with Crippen molar-refractivity contribution in [3.63, 3.8) is 0 Å². The van der Waals surface area contributed by atoms with Gasteiger partial charge < -0.3 is 18.8 Å². The molecule has 1 aromatic heterocycles. The second-order valence-corrected chi connectivity index (χ2v) is 6.21. The van der Waals surface area contributed by atoms with Gasteiger partial charge in [-0.25, -0.2) is 0 Å². The maximum absolute atomic E-state index is 12.9. The normalized spacial score (nSPS) is 10.5. The van der Waals surface area contributed by atoms with Gasteiger partial charge in [-0.1, -0.05) is 18.2 Å². The van der Waals surface area contributed by atoms with E-state index in [0.717, 1.165) is 22.4 Å². The number of benzene rings is 2. The van der Waals surface area contributed by atoms with Crippen LogP contribution >= 0.6 is 0 Å². The summed E-state index contributed by atoms with van der Waals surface area (Å²) in [7, 11) is 4.83. The molecule has 0 bridgehead atoms. The third kappa shape index (κ3) is 3.82. The van der Waals surface area contributed by atoms with Gasteiger partial charge in [-0.15, -0.1) is 0 Å². The molecule has 1 heterocycles. The number of pyridine rings is 1. The number of hydrogen-bond acceptors (Lipinski definition) is 4. The maximum atomic E-state index is 12.9. The SMILES string of the molecule is COc1ccc(Cn2ccc(-c3ccc(OC)c(OC)c3)c(C)c2=O)cc1. The van der Waals surface area contributed by atoms with Gasteiger partial charge in [-0.3, -0.25) is 4.79 Å². The maximum Gasteiger partial charge on any atom is 0.254 e. The van der Waals surface area contributed by atoms with Crippen LogP contribution in [0.5, 0.6) is 17.2 Å². The van der Waals surface area contributed by atoms with E-state index in [9.17, 15) is 4.79 Å². The van der Waals surface area contributed by atoms with E-state index in [1.807, 2.05) is 61.7 Å². The number of aromatic nitrogens is 1. The minimum atomic E-state index is -0.0156. The quantitative estimate of drug-likeness (QED) is 0.665. The molecule has 0 unspecified atom stereocenters. The standard InChI is InChI=1S/C22H23NO4/c1-15-19(17-7-10-20(26-3)21(13-17)27-4)11-12-23(22(15)24)14-16-5-8-18(25-2)9-6-16/h5-13H,14H2,1-4H3. The molecule has 0 saturated heterocycles. The average Bonchev–Trinajstić information content (AvgIpc) is 2.71. The van der Waals surface area contributed by atoms with E-state index in [1.165, 1.54) is 0 Å². The summed E-state index contributed by atoms with van der Waals surface area (Å²) < 4.78 is 17.5. The first-order chi connectivity index (χ1) is 13.1. The molecule has 2 aromatic carbocycles. The van der Waals surface area contributed by atoms with Gasteiger partial charge in [0.15, 0.2) is 11.5 Å². The molecule has 3 aromatic rings. The molecule has 3 rings (SSSR count). The van der Waals surface area contributed by atoms with Gasteiger partial charge in [0.2, 0.25) is 0 Å². The van der Waals surface area contributed by atoms with Gasteiger partial charge in [-0.2, -0.15) is 0 Å². The third-order valence-electron chi connectivity index (χ3n) is 4.61. The van der Waals surface area contributed by atoms with Gasteiger partial charge in [0.05, 0.1) is 27.9 Å². The summed E-state index contributed by atoms with van der Waals surface area (Å²) in [6, 6.07) is 15.3. The van der Waals surface area contributed by atoms with Crippen molar-refractivity contribution in [2.24, 2.45) is 0 Å². The molecular weight excluding hydrogens is 342 g/mol. The Bertz CT molecular complexity index is 990. The fraction of sp³-hybridized carbons (Fsp3) is 0.227. The second kappa shape index (κ2) is 7.99. The van der Waals surface area contributed by atoms with Crippen molar-refractivity contribution in [3.8, 4) is 28.4 Å². The summed E-state index contributed by atoms with van der Waals surface area (Å²) in [6.45, 7) is 2.36. The van der Waals surface area contributed by atoms with Crippen LogP contribution in [0.25, 0.3) is 11.1 Å². The number of methoxy groups -OCH3 is 3. The topological polar surface area (TPSA) is 49.7 Å². The molecule has 0 aliphatic carbocycles. The first-order valence-electron chi connectivity index (χ1n) is 8.62. The molecule has 5 heteroatoms. The summed E-state index contributed by atoms with van der Waals surface area (Å²) in [5.41, 5.74) is 3.51. The van der Waals surface area contributed by atoms with E-state index < -0.39 is 0 Å². The predicted molar refractivity (Wildman–Crippen MR) is 106 cm³/mol. The van der Waals surface area contributed by atoms with E-state index >= 15 is 0 Å². The van der Waals surface area contributed by atoms with E-state index in [4.69, 9.17) is 14.2 Å². The first kappa shape index (κ1) is 18.6. The van der Waals surface area contributed by atoms with Crippen molar-refractivity contribution in [1.82, 2.24) is 4.57 Å². The zero-order valence-corrected chi connectivity index (χ0v) is 16.0. The van der Waals surface area contributed by atoms with Crippen LogP contribution in [-0.4, -0.2) is 25.9 Å². The van der Waals surface area contributed by atoms with E-state index in [-0.39, 0.29) is 5.56 Å². The van der Waals surface area contributed by atoms with Gasteiger partial charge in [0.25, 0.3) is 5.56 Å². The van der Waals surface area contributed by atoms with Gasteiger partial charge >= 0.3 is 0 Å². The molecule has 0 aliphatic heterocycles. The summed E-state index contributed by atoms with van der Waals surface area (Å²) in [4.78, 5) is 12.9. The highest BCUT2D eigenvalue weighted by Gasteiger charge is 2.11. The predicted octanol–water partition coefficient (Wildman–Crippen LogP) is 3.90. The lowest BCUT2D eigenvalue weighted by Gasteiger charge is -2.13. The number of rotatable bonds is 6. The van der Waals surface area contributed by atoms with Gasteiger partial charge in [0, 0.05) is 11.8 Å². The summed E-state index contributed by atoms with van der Waals surface area (Å²) in [5, 5.41) is 0. The first-order valence-corrected chi connectivity index (χ1v) is 8.62. The largest absolute Gasteiger partial charge is 0.497 e. The number of ether oxygens (including phenoxy) is 3. The van der Waals surface area contributed by atoms with Crippen LogP contribution in [0.15, 0.2) is 59.5 Å². The Kier molecular flexibility index (Phi) is 5.50. The van der Waals surface area contributed by atoms with Crippen LogP contribution in [0, 0.1) is 6.92 Å². The Hall–Kier alpha value is -3.21. The fourth-order valence-corrected chi connectivity index (χ4v) is 3.06. The molecule has 0 aliphatic rings. The highest BCUT2D eigenvalue weighted by atomic mass is 16.5. The Morgan fingerprint density at radius 1 is 0.852 bits per heavy atom. The Morgan fingerprint density at radius 3 is 2.19 bits per heavy atom. The molecule has 0 amide bonds. The van der Waals surface area contributed by atoms with E-state index in [1.54, 1.807) is 25.9 Å². The summed E-state index contributed by atoms with van der Waals surface area (Å²) in [6.07, 6.45) is 1.83. The van der Waals surface area contributed by atoms with Crippen LogP contribution in [0.3, 0.4) is 0 Å². The molecule has 140 valence electrons. The highest BCUT2D eigenvalue weighted by molar-refractivity contribution is 5.69. The molecule has 27 heavy (non-hydrogen) atoms. The van der Waals surface area contributed by atoms with Crippen LogP contribution in [0.2, 0.25) is 0 Å². The zero-order valence-electron chi connectivity index (χ0n) is 16.0. The average molecular weight is 365 g/mol. The summed E-state index contributed by atoms with van der Waals surface area (Å²) in [5.74, 6) is 2.09. The Labute approximate surface area is 158 Å².